The molecule has 1 aromatic heterocycles. The molecule has 0 bridgehead atoms. The number of fused-ring (bicyclic) bond motifs is 1. The third-order valence-electron chi connectivity index (χ3n) is 3.71. The van der Waals surface area contributed by atoms with Gasteiger partial charge < -0.3 is 9.15 Å². The SMILES string of the molecule is COC(=O)c1ccc2oc(C3CCCC3)cc2c1. The van der Waals surface area contributed by atoms with E-state index in [4.69, 9.17) is 9.15 Å². The van der Waals surface area contributed by atoms with Crippen LogP contribution in [-0.4, -0.2) is 13.1 Å². The normalized spacial score (nSPS) is 16.3. The highest BCUT2D eigenvalue weighted by molar-refractivity contribution is 5.94. The van der Waals surface area contributed by atoms with Gasteiger partial charge in [-0.25, -0.2) is 4.79 Å². The Morgan fingerprint density at radius 1 is 1.28 bits per heavy atom. The average molecular weight is 244 g/mol. The summed E-state index contributed by atoms with van der Waals surface area (Å²) in [5, 5.41) is 0.986. The monoisotopic (exact) mass is 244 g/mol. The number of furan rings is 1. The zero-order chi connectivity index (χ0) is 12.5. The van der Waals surface area contributed by atoms with E-state index in [1.165, 1.54) is 32.8 Å². The average Bonchev–Trinajstić information content (AvgIpc) is 3.04. The number of ether oxygens (including phenoxy) is 1. The Morgan fingerprint density at radius 2 is 2.06 bits per heavy atom. The van der Waals surface area contributed by atoms with Gasteiger partial charge in [0.1, 0.15) is 11.3 Å². The van der Waals surface area contributed by atoms with Gasteiger partial charge in [0.15, 0.2) is 0 Å². The summed E-state index contributed by atoms with van der Waals surface area (Å²) >= 11 is 0. The summed E-state index contributed by atoms with van der Waals surface area (Å²) < 4.78 is 10.6. The van der Waals surface area contributed by atoms with Crippen molar-refractivity contribution >= 4 is 16.9 Å². The van der Waals surface area contributed by atoms with Crippen molar-refractivity contribution in [2.75, 3.05) is 7.11 Å². The summed E-state index contributed by atoms with van der Waals surface area (Å²) in [6.45, 7) is 0. The quantitative estimate of drug-likeness (QED) is 0.752. The maximum atomic E-state index is 11.5. The fraction of sp³-hybridized carbons (Fsp3) is 0.400. The third-order valence-corrected chi connectivity index (χ3v) is 3.71. The molecule has 3 heteroatoms. The Balaban J connectivity index is 1.98. The Bertz CT molecular complexity index is 576. The molecule has 1 aliphatic carbocycles. The van der Waals surface area contributed by atoms with E-state index in [-0.39, 0.29) is 5.97 Å². The lowest BCUT2D eigenvalue weighted by molar-refractivity contribution is 0.0601. The number of carbonyl (C=O) groups excluding carboxylic acids is 1. The Morgan fingerprint density at radius 3 is 2.78 bits per heavy atom. The standard InChI is InChI=1S/C15H16O3/c1-17-15(16)11-6-7-13-12(8-11)9-14(18-13)10-4-2-3-5-10/h6-10H,2-5H2,1H3. The van der Waals surface area contributed by atoms with Gasteiger partial charge in [-0.2, -0.15) is 0 Å². The molecule has 3 rings (SSSR count). The fourth-order valence-corrected chi connectivity index (χ4v) is 2.72. The van der Waals surface area contributed by atoms with E-state index in [1.807, 2.05) is 12.1 Å². The minimum Gasteiger partial charge on any atom is -0.465 e. The molecule has 2 aromatic rings. The molecule has 18 heavy (non-hydrogen) atoms. The van der Waals surface area contributed by atoms with E-state index < -0.39 is 0 Å². The molecule has 0 saturated heterocycles. The van der Waals surface area contributed by atoms with Crippen LogP contribution in [-0.2, 0) is 4.74 Å². The van der Waals surface area contributed by atoms with Crippen LogP contribution in [0, 0.1) is 0 Å². The topological polar surface area (TPSA) is 39.4 Å². The van der Waals surface area contributed by atoms with Gasteiger partial charge in [0, 0.05) is 11.3 Å². The molecule has 0 N–H and O–H groups in total. The van der Waals surface area contributed by atoms with Crippen molar-refractivity contribution < 1.29 is 13.9 Å². The van der Waals surface area contributed by atoms with Crippen LogP contribution < -0.4 is 0 Å². The number of hydrogen-bond donors (Lipinski definition) is 0. The number of rotatable bonds is 2. The molecular weight excluding hydrogens is 228 g/mol. The zero-order valence-corrected chi connectivity index (χ0v) is 10.4. The van der Waals surface area contributed by atoms with Gasteiger partial charge in [-0.15, -0.1) is 0 Å². The van der Waals surface area contributed by atoms with Crippen molar-refractivity contribution in [1.29, 1.82) is 0 Å². The van der Waals surface area contributed by atoms with Gasteiger partial charge in [-0.1, -0.05) is 12.8 Å². The smallest absolute Gasteiger partial charge is 0.337 e. The van der Waals surface area contributed by atoms with Crippen molar-refractivity contribution in [3.8, 4) is 0 Å². The van der Waals surface area contributed by atoms with Crippen LogP contribution >= 0.6 is 0 Å². The van der Waals surface area contributed by atoms with E-state index in [0.29, 0.717) is 11.5 Å². The summed E-state index contributed by atoms with van der Waals surface area (Å²) in [5.74, 6) is 1.31. The van der Waals surface area contributed by atoms with E-state index >= 15 is 0 Å². The minimum absolute atomic E-state index is 0.305. The van der Waals surface area contributed by atoms with E-state index in [0.717, 1.165) is 16.7 Å². The van der Waals surface area contributed by atoms with Crippen molar-refractivity contribution in [2.45, 2.75) is 31.6 Å². The number of carbonyl (C=O) groups is 1. The Hall–Kier alpha value is -1.77. The molecule has 1 aromatic carbocycles. The summed E-state index contributed by atoms with van der Waals surface area (Å²) in [6, 6.07) is 7.50. The molecule has 94 valence electrons. The lowest BCUT2D eigenvalue weighted by Crippen LogP contribution is -1.99. The van der Waals surface area contributed by atoms with E-state index in [2.05, 4.69) is 6.07 Å². The number of methoxy groups -OCH3 is 1. The summed E-state index contributed by atoms with van der Waals surface area (Å²) in [7, 11) is 1.39. The molecule has 1 aliphatic rings. The first-order valence-electron chi connectivity index (χ1n) is 6.40. The molecule has 0 radical (unpaired) electrons. The van der Waals surface area contributed by atoms with Crippen LogP contribution in [0.1, 0.15) is 47.7 Å². The molecular formula is C15H16O3. The highest BCUT2D eigenvalue weighted by Crippen LogP contribution is 2.36. The first kappa shape index (κ1) is 11.3. The maximum absolute atomic E-state index is 11.5. The second-order valence-corrected chi connectivity index (χ2v) is 4.87. The van der Waals surface area contributed by atoms with Crippen LogP contribution in [0.4, 0.5) is 0 Å². The molecule has 0 aliphatic heterocycles. The lowest BCUT2D eigenvalue weighted by atomic mass is 10.0. The van der Waals surface area contributed by atoms with Gasteiger partial charge in [0.05, 0.1) is 12.7 Å². The summed E-state index contributed by atoms with van der Waals surface area (Å²) in [5.41, 5.74) is 1.42. The fourth-order valence-electron chi connectivity index (χ4n) is 2.72. The van der Waals surface area contributed by atoms with Gasteiger partial charge in [-0.3, -0.25) is 0 Å². The predicted octanol–water partition coefficient (Wildman–Crippen LogP) is 3.88. The third kappa shape index (κ3) is 1.90. The van der Waals surface area contributed by atoms with Gasteiger partial charge in [0.2, 0.25) is 0 Å². The van der Waals surface area contributed by atoms with Crippen LogP contribution in [0.3, 0.4) is 0 Å². The molecule has 1 saturated carbocycles. The minimum atomic E-state index is -0.305. The van der Waals surface area contributed by atoms with Crippen LogP contribution in [0.5, 0.6) is 0 Å². The van der Waals surface area contributed by atoms with E-state index in [1.54, 1.807) is 6.07 Å². The number of hydrogen-bond acceptors (Lipinski definition) is 3. The zero-order valence-electron chi connectivity index (χ0n) is 10.4. The van der Waals surface area contributed by atoms with Crippen molar-refractivity contribution in [2.24, 2.45) is 0 Å². The summed E-state index contributed by atoms with van der Waals surface area (Å²) in [6.07, 6.45) is 5.00. The number of benzene rings is 1. The molecule has 0 atom stereocenters. The van der Waals surface area contributed by atoms with Gasteiger partial charge in [0.25, 0.3) is 0 Å². The molecule has 0 amide bonds. The Kier molecular flexibility index (Phi) is 2.82. The molecule has 1 heterocycles. The highest BCUT2D eigenvalue weighted by Gasteiger charge is 2.21. The van der Waals surface area contributed by atoms with Crippen molar-refractivity contribution in [3.05, 3.63) is 35.6 Å². The van der Waals surface area contributed by atoms with Crippen molar-refractivity contribution in [3.63, 3.8) is 0 Å². The first-order valence-corrected chi connectivity index (χ1v) is 6.40. The molecule has 1 fully saturated rings. The maximum Gasteiger partial charge on any atom is 0.337 e. The van der Waals surface area contributed by atoms with Crippen LogP contribution in [0.15, 0.2) is 28.7 Å². The Labute approximate surface area is 106 Å². The largest absolute Gasteiger partial charge is 0.465 e. The first-order chi connectivity index (χ1) is 8.78. The van der Waals surface area contributed by atoms with E-state index in [9.17, 15) is 4.79 Å². The molecule has 0 unspecified atom stereocenters. The highest BCUT2D eigenvalue weighted by atomic mass is 16.5. The van der Waals surface area contributed by atoms with Crippen LogP contribution in [0.2, 0.25) is 0 Å². The predicted molar refractivity (Wildman–Crippen MR) is 68.8 cm³/mol. The number of esters is 1. The molecule has 0 spiro atoms. The van der Waals surface area contributed by atoms with Gasteiger partial charge >= 0.3 is 5.97 Å². The second kappa shape index (κ2) is 4.48. The second-order valence-electron chi connectivity index (χ2n) is 4.87. The summed E-state index contributed by atoms with van der Waals surface area (Å²) in [4.78, 5) is 11.5. The van der Waals surface area contributed by atoms with Crippen molar-refractivity contribution in [1.82, 2.24) is 0 Å². The van der Waals surface area contributed by atoms with Crippen LogP contribution in [0.25, 0.3) is 11.0 Å². The molecule has 3 nitrogen and oxygen atoms in total. The van der Waals surface area contributed by atoms with Gasteiger partial charge in [-0.05, 0) is 37.1 Å². The lowest BCUT2D eigenvalue weighted by Gasteiger charge is -2.02.